The van der Waals surface area contributed by atoms with Crippen molar-refractivity contribution in [3.63, 3.8) is 0 Å². The largest absolute Gasteiger partial charge is 0.465 e. The van der Waals surface area contributed by atoms with Crippen molar-refractivity contribution in [1.29, 1.82) is 0 Å². The van der Waals surface area contributed by atoms with Crippen LogP contribution in [0.5, 0.6) is 0 Å². The van der Waals surface area contributed by atoms with Crippen molar-refractivity contribution in [2.45, 2.75) is 39.4 Å². The summed E-state index contributed by atoms with van der Waals surface area (Å²) < 4.78 is 8.23. The van der Waals surface area contributed by atoms with E-state index in [0.717, 1.165) is 57.1 Å². The first-order valence-electron chi connectivity index (χ1n) is 8.13. The first kappa shape index (κ1) is 15.3. The van der Waals surface area contributed by atoms with E-state index in [2.05, 4.69) is 52.5 Å². The Morgan fingerprint density at radius 1 is 1.18 bits per heavy atom. The maximum absolute atomic E-state index is 5.84. The standard InChI is InChI=1S/C17H26N4O/c1-4-15-5-6-16(22-15)13-20-8-7-17-18-11-14(12-19(2)3)21(17)10-9-20/h5-6,11H,4,7-10,12-13H2,1-3H3. The lowest BCUT2D eigenvalue weighted by Crippen LogP contribution is -2.26. The molecule has 0 atom stereocenters. The number of nitrogens with zero attached hydrogens (tertiary/aromatic N) is 4. The third-order valence-electron chi connectivity index (χ3n) is 4.24. The van der Waals surface area contributed by atoms with Crippen LogP contribution in [0.15, 0.2) is 22.7 Å². The van der Waals surface area contributed by atoms with Crippen LogP contribution in [0.2, 0.25) is 0 Å². The lowest BCUT2D eigenvalue weighted by Gasteiger charge is -2.18. The summed E-state index contributed by atoms with van der Waals surface area (Å²) in [5, 5.41) is 0. The highest BCUT2D eigenvalue weighted by atomic mass is 16.3. The highest BCUT2D eigenvalue weighted by Crippen LogP contribution is 2.16. The van der Waals surface area contributed by atoms with E-state index < -0.39 is 0 Å². The lowest BCUT2D eigenvalue weighted by atomic mass is 10.3. The van der Waals surface area contributed by atoms with Crippen molar-refractivity contribution in [2.24, 2.45) is 0 Å². The Labute approximate surface area is 132 Å². The van der Waals surface area contributed by atoms with Gasteiger partial charge in [-0.2, -0.15) is 0 Å². The second-order valence-electron chi connectivity index (χ2n) is 6.30. The minimum atomic E-state index is 0.897. The van der Waals surface area contributed by atoms with Crippen LogP contribution in [0, 0.1) is 0 Å². The Bertz CT molecular complexity index is 614. The van der Waals surface area contributed by atoms with Gasteiger partial charge in [-0.25, -0.2) is 4.98 Å². The number of imidazole rings is 1. The Morgan fingerprint density at radius 3 is 2.73 bits per heavy atom. The van der Waals surface area contributed by atoms with Crippen LogP contribution in [-0.2, 0) is 32.5 Å². The fourth-order valence-corrected chi connectivity index (χ4v) is 3.06. The maximum atomic E-state index is 5.84. The van der Waals surface area contributed by atoms with E-state index in [0.29, 0.717) is 0 Å². The van der Waals surface area contributed by atoms with E-state index in [1.807, 2.05) is 6.20 Å². The Hall–Kier alpha value is -1.59. The molecule has 22 heavy (non-hydrogen) atoms. The van der Waals surface area contributed by atoms with Crippen LogP contribution in [-0.4, -0.2) is 46.5 Å². The van der Waals surface area contributed by atoms with E-state index in [1.165, 1.54) is 11.5 Å². The quantitative estimate of drug-likeness (QED) is 0.848. The van der Waals surface area contributed by atoms with Crippen LogP contribution >= 0.6 is 0 Å². The summed E-state index contributed by atoms with van der Waals surface area (Å²) in [6.07, 6.45) is 4.00. The van der Waals surface area contributed by atoms with Gasteiger partial charge in [0.25, 0.3) is 0 Å². The van der Waals surface area contributed by atoms with Crippen molar-refractivity contribution < 1.29 is 4.42 Å². The summed E-state index contributed by atoms with van der Waals surface area (Å²) in [5.74, 6) is 3.36. The summed E-state index contributed by atoms with van der Waals surface area (Å²) in [6.45, 7) is 7.07. The van der Waals surface area contributed by atoms with Gasteiger partial charge in [0, 0.05) is 45.2 Å². The maximum Gasteiger partial charge on any atom is 0.118 e. The molecule has 5 nitrogen and oxygen atoms in total. The van der Waals surface area contributed by atoms with Gasteiger partial charge in [-0.1, -0.05) is 6.92 Å². The number of furan rings is 1. The Morgan fingerprint density at radius 2 is 2.00 bits per heavy atom. The van der Waals surface area contributed by atoms with Crippen molar-refractivity contribution in [2.75, 3.05) is 27.2 Å². The zero-order chi connectivity index (χ0) is 15.5. The molecule has 0 N–H and O–H groups in total. The number of rotatable bonds is 5. The third-order valence-corrected chi connectivity index (χ3v) is 4.24. The minimum absolute atomic E-state index is 0.897. The molecule has 0 radical (unpaired) electrons. The van der Waals surface area contributed by atoms with Crippen LogP contribution in [0.25, 0.3) is 0 Å². The Balaban J connectivity index is 1.64. The number of hydrogen-bond donors (Lipinski definition) is 0. The second kappa shape index (κ2) is 6.67. The van der Waals surface area contributed by atoms with Gasteiger partial charge < -0.3 is 13.9 Å². The van der Waals surface area contributed by atoms with Gasteiger partial charge in [0.15, 0.2) is 0 Å². The molecular weight excluding hydrogens is 276 g/mol. The molecule has 0 bridgehead atoms. The summed E-state index contributed by atoms with van der Waals surface area (Å²) in [6, 6.07) is 4.20. The average Bonchev–Trinajstić information content (AvgIpc) is 3.03. The van der Waals surface area contributed by atoms with E-state index >= 15 is 0 Å². The molecule has 0 spiro atoms. The molecule has 0 saturated heterocycles. The molecule has 1 aliphatic heterocycles. The fraction of sp³-hybridized carbons (Fsp3) is 0.588. The van der Waals surface area contributed by atoms with Crippen molar-refractivity contribution >= 4 is 0 Å². The van der Waals surface area contributed by atoms with Crippen molar-refractivity contribution in [3.8, 4) is 0 Å². The number of aryl methyl sites for hydroxylation is 1. The SMILES string of the molecule is CCc1ccc(CN2CCc3ncc(CN(C)C)n3CC2)o1. The van der Waals surface area contributed by atoms with Gasteiger partial charge in [0.2, 0.25) is 0 Å². The molecule has 0 aromatic carbocycles. The smallest absolute Gasteiger partial charge is 0.118 e. The number of fused-ring (bicyclic) bond motifs is 1. The van der Waals surface area contributed by atoms with Crippen molar-refractivity contribution in [3.05, 3.63) is 41.4 Å². The molecule has 3 rings (SSSR count). The second-order valence-corrected chi connectivity index (χ2v) is 6.30. The molecule has 0 fully saturated rings. The molecule has 0 aliphatic carbocycles. The average molecular weight is 302 g/mol. The number of aromatic nitrogens is 2. The molecular formula is C17H26N4O. The fourth-order valence-electron chi connectivity index (χ4n) is 3.06. The predicted octanol–water partition coefficient (Wildman–Crippen LogP) is 2.16. The third kappa shape index (κ3) is 3.42. The van der Waals surface area contributed by atoms with Crippen LogP contribution in [0.1, 0.15) is 30.0 Å². The van der Waals surface area contributed by atoms with E-state index in [4.69, 9.17) is 4.42 Å². The van der Waals surface area contributed by atoms with E-state index in [9.17, 15) is 0 Å². The molecule has 0 unspecified atom stereocenters. The zero-order valence-corrected chi connectivity index (χ0v) is 13.9. The molecule has 5 heteroatoms. The molecule has 2 aromatic rings. The highest BCUT2D eigenvalue weighted by Gasteiger charge is 2.18. The van der Waals surface area contributed by atoms with E-state index in [1.54, 1.807) is 0 Å². The lowest BCUT2D eigenvalue weighted by molar-refractivity contribution is 0.245. The summed E-state index contributed by atoms with van der Waals surface area (Å²) in [7, 11) is 4.20. The minimum Gasteiger partial charge on any atom is -0.465 e. The van der Waals surface area contributed by atoms with Crippen molar-refractivity contribution in [1.82, 2.24) is 19.4 Å². The monoisotopic (exact) mass is 302 g/mol. The predicted molar refractivity (Wildman–Crippen MR) is 86.7 cm³/mol. The highest BCUT2D eigenvalue weighted by molar-refractivity contribution is 5.09. The molecule has 0 saturated carbocycles. The van der Waals surface area contributed by atoms with E-state index in [-0.39, 0.29) is 0 Å². The van der Waals surface area contributed by atoms with Gasteiger partial charge in [-0.3, -0.25) is 4.90 Å². The van der Waals surface area contributed by atoms with Crippen LogP contribution in [0.3, 0.4) is 0 Å². The van der Waals surface area contributed by atoms with Gasteiger partial charge in [-0.05, 0) is 26.2 Å². The molecule has 120 valence electrons. The summed E-state index contributed by atoms with van der Waals surface area (Å²) >= 11 is 0. The molecule has 0 amide bonds. The first-order valence-corrected chi connectivity index (χ1v) is 8.13. The topological polar surface area (TPSA) is 37.4 Å². The first-order chi connectivity index (χ1) is 10.7. The van der Waals surface area contributed by atoms with Gasteiger partial charge in [-0.15, -0.1) is 0 Å². The molecule has 3 heterocycles. The van der Waals surface area contributed by atoms with Gasteiger partial charge >= 0.3 is 0 Å². The van der Waals surface area contributed by atoms with Gasteiger partial charge in [0.1, 0.15) is 17.3 Å². The summed E-state index contributed by atoms with van der Waals surface area (Å²) in [5.41, 5.74) is 1.31. The molecule has 1 aliphatic rings. The van der Waals surface area contributed by atoms with Crippen LogP contribution < -0.4 is 0 Å². The zero-order valence-electron chi connectivity index (χ0n) is 13.9. The summed E-state index contributed by atoms with van der Waals surface area (Å²) in [4.78, 5) is 9.28. The van der Waals surface area contributed by atoms with Gasteiger partial charge in [0.05, 0.1) is 12.2 Å². The number of hydrogen-bond acceptors (Lipinski definition) is 4. The van der Waals surface area contributed by atoms with Crippen LogP contribution in [0.4, 0.5) is 0 Å². The Kier molecular flexibility index (Phi) is 4.64. The molecule has 2 aromatic heterocycles. The normalized spacial score (nSPS) is 16.0.